The summed E-state index contributed by atoms with van der Waals surface area (Å²) in [6.45, 7) is 0. The van der Waals surface area contributed by atoms with Crippen molar-refractivity contribution in [2.24, 2.45) is 9.98 Å². The molecule has 10 nitrogen and oxygen atoms in total. The molecule has 2 aromatic heterocycles. The van der Waals surface area contributed by atoms with E-state index < -0.39 is 11.9 Å². The first kappa shape index (κ1) is 28.5. The minimum atomic E-state index is -0.819. The van der Waals surface area contributed by atoms with E-state index in [9.17, 15) is 19.2 Å². The first-order chi connectivity index (χ1) is 17.4. The van der Waals surface area contributed by atoms with E-state index in [1.165, 1.54) is 37.1 Å². The van der Waals surface area contributed by atoms with Crippen LogP contribution in [-0.2, 0) is 19.5 Å². The Balaban J connectivity index is 0.000000253. The third-order valence-corrected chi connectivity index (χ3v) is 4.50. The van der Waals surface area contributed by atoms with Gasteiger partial charge in [-0.3, -0.25) is 9.59 Å². The summed E-state index contributed by atoms with van der Waals surface area (Å²) in [6.07, 6.45) is 5.22. The monoisotopic (exact) mass is 554 g/mol. The summed E-state index contributed by atoms with van der Waals surface area (Å²) in [5.41, 5.74) is 1.02. The van der Waals surface area contributed by atoms with Crippen LogP contribution in [0.5, 0.6) is 0 Å². The van der Waals surface area contributed by atoms with Crippen molar-refractivity contribution in [2.75, 3.05) is 0 Å². The Morgan fingerprint density at radius 1 is 0.649 bits per heavy atom. The van der Waals surface area contributed by atoms with Gasteiger partial charge in [-0.05, 0) is 48.5 Å². The number of hydrogen-bond acceptors (Lipinski definition) is 6. The van der Waals surface area contributed by atoms with Crippen molar-refractivity contribution in [1.82, 2.24) is 0 Å². The fraction of sp³-hybridized carbons (Fsp3) is 0. The number of carbonyl (C=O) groups is 2. The fourth-order valence-corrected chi connectivity index (χ4v) is 2.79. The molecule has 4 rings (SSSR count). The van der Waals surface area contributed by atoms with Crippen molar-refractivity contribution in [1.29, 1.82) is 0 Å². The van der Waals surface area contributed by atoms with Gasteiger partial charge in [-0.15, -0.1) is 0 Å². The molecule has 0 fully saturated rings. The minimum absolute atomic E-state index is 0. The predicted octanol–water partition coefficient (Wildman–Crippen LogP) is 2.88. The van der Waals surface area contributed by atoms with Crippen LogP contribution in [0.15, 0.2) is 104 Å². The molecule has 0 aliphatic rings. The van der Waals surface area contributed by atoms with Crippen molar-refractivity contribution in [3.63, 3.8) is 0 Å². The zero-order valence-corrected chi connectivity index (χ0v) is 22.3. The Hall–Kier alpha value is -4.76. The van der Waals surface area contributed by atoms with Gasteiger partial charge in [-0.25, -0.2) is 9.98 Å². The molecule has 0 aliphatic carbocycles. The second kappa shape index (κ2) is 14.0. The van der Waals surface area contributed by atoms with Gasteiger partial charge in [0.25, 0.3) is 0 Å². The fourth-order valence-electron chi connectivity index (χ4n) is 2.79. The Labute approximate surface area is 222 Å². The second-order valence-corrected chi connectivity index (χ2v) is 6.93. The molecule has 2 heterocycles. The first-order valence-corrected chi connectivity index (χ1v) is 10.3. The van der Waals surface area contributed by atoms with E-state index in [-0.39, 0.29) is 53.7 Å². The molecule has 6 N–H and O–H groups in total. The number of para-hydroxylation sites is 2. The Morgan fingerprint density at radius 3 is 1.35 bits per heavy atom. The largest absolute Gasteiger partial charge is 2.00 e. The summed E-state index contributed by atoms with van der Waals surface area (Å²) in [5, 5.41) is 14.2. The number of furan rings is 2. The van der Waals surface area contributed by atoms with Gasteiger partial charge in [0.2, 0.25) is 11.5 Å². The van der Waals surface area contributed by atoms with E-state index in [1.54, 1.807) is 60.7 Å². The van der Waals surface area contributed by atoms with Crippen LogP contribution in [0.1, 0.15) is 32.2 Å². The minimum Gasteiger partial charge on any atom is -0.561 e. The molecule has 0 bridgehead atoms. The van der Waals surface area contributed by atoms with Gasteiger partial charge >= 0.3 is 43.0 Å². The third kappa shape index (κ3) is 8.15. The number of rotatable bonds is 8. The molecule has 11 heteroatoms. The summed E-state index contributed by atoms with van der Waals surface area (Å²) >= 11 is 0. The molecule has 0 amide bonds. The number of nitrogens with zero attached hydrogens (tertiary/aromatic N) is 2. The molecule has 180 valence electrons. The summed E-state index contributed by atoms with van der Waals surface area (Å²) < 4.78 is 9.96. The number of hydrogen-bond donors (Lipinski definition) is 0. The van der Waals surface area contributed by atoms with Gasteiger partial charge in [-0.2, -0.15) is 0 Å². The molecular formula is C26H22N2O8Zn+6. The second-order valence-electron chi connectivity index (χ2n) is 6.93. The molecule has 0 saturated carbocycles. The molecule has 4 aromatic rings. The van der Waals surface area contributed by atoms with E-state index >= 15 is 0 Å². The number of carbonyl (C=O) groups excluding carboxylic acids is 4. The van der Waals surface area contributed by atoms with Gasteiger partial charge in [-0.1, -0.05) is 24.3 Å². The van der Waals surface area contributed by atoms with E-state index in [2.05, 4.69) is 9.98 Å². The third-order valence-electron chi connectivity index (χ3n) is 4.50. The van der Waals surface area contributed by atoms with Crippen LogP contribution in [0, 0.1) is 0 Å². The van der Waals surface area contributed by atoms with Gasteiger partial charge in [0.05, 0.1) is 23.9 Å². The van der Waals surface area contributed by atoms with Gasteiger partial charge < -0.3 is 19.0 Å². The van der Waals surface area contributed by atoms with Crippen LogP contribution in [-0.4, -0.2) is 55.7 Å². The van der Waals surface area contributed by atoms with Gasteiger partial charge in [0.15, 0.2) is 0 Å². The summed E-state index contributed by atoms with van der Waals surface area (Å²) in [7, 11) is 0. The summed E-state index contributed by atoms with van der Waals surface area (Å²) in [6, 6.07) is 19.3. The molecule has 0 aliphatic heterocycles. The van der Waals surface area contributed by atoms with Crippen molar-refractivity contribution < 1.29 is 57.7 Å². The van der Waals surface area contributed by atoms with Crippen molar-refractivity contribution in [2.45, 2.75) is 0 Å². The van der Waals surface area contributed by atoms with Crippen LogP contribution in [0.2, 0.25) is 0 Å². The zero-order valence-electron chi connectivity index (χ0n) is 19.4. The van der Waals surface area contributed by atoms with E-state index in [0.717, 1.165) is 0 Å². The van der Waals surface area contributed by atoms with Crippen LogP contribution in [0.25, 0.3) is 0 Å². The summed E-state index contributed by atoms with van der Waals surface area (Å²) in [5.74, 6) is -1.36. The van der Waals surface area contributed by atoms with Crippen LogP contribution >= 0.6 is 0 Å². The Kier molecular flexibility index (Phi) is 10.7. The van der Waals surface area contributed by atoms with E-state index in [4.69, 9.17) is 19.0 Å². The Morgan fingerprint density at radius 2 is 1.03 bits per heavy atom. The van der Waals surface area contributed by atoms with Gasteiger partial charge in [0, 0.05) is 9.59 Å². The molecule has 0 unspecified atom stereocenters. The molecule has 0 spiro atoms. The zero-order chi connectivity index (χ0) is 25.9. The van der Waals surface area contributed by atoms with Crippen LogP contribution in [0.4, 0.5) is 11.4 Å². The van der Waals surface area contributed by atoms with Crippen molar-refractivity contribution in [3.8, 4) is 0 Å². The quantitative estimate of drug-likeness (QED) is 0.141. The van der Waals surface area contributed by atoms with E-state index in [1.807, 2.05) is 0 Å². The molecular weight excluding hydrogens is 534 g/mol. The standard InChI is InChI=1S/2C13H9NO4.Zn/c2*15-11(12-6-3-7-18-12)8-14-10-5-2-1-4-9(10)13(16)17;/h2*1-8H,(H,16,17);/q;;+2/p+4. The molecule has 0 atom stereocenters. The maximum absolute atomic E-state index is 11.0. The molecule has 37 heavy (non-hydrogen) atoms. The van der Waals surface area contributed by atoms with Crippen LogP contribution < -0.4 is 0 Å². The van der Waals surface area contributed by atoms with Crippen molar-refractivity contribution in [3.05, 3.63) is 108 Å². The molecule has 0 saturated heterocycles. The summed E-state index contributed by atoms with van der Waals surface area (Å²) in [4.78, 5) is 49.3. The average molecular weight is 556 g/mol. The molecule has 0 radical (unpaired) electrons. The SMILES string of the molecule is O=C([OH2+])c1ccccc1N=CC(=[OH+])c1ccco1.O=C([OH2+])c1ccccc1N=CC(=[OH+])c1ccco1.[Zn+2]. The predicted molar refractivity (Wildman–Crippen MR) is 135 cm³/mol. The van der Waals surface area contributed by atoms with Crippen molar-refractivity contribution >= 4 is 47.3 Å². The van der Waals surface area contributed by atoms with Crippen LogP contribution in [0.3, 0.4) is 0 Å². The number of ketones is 2. The maximum Gasteiger partial charge on any atom is 2.00 e. The normalized spacial score (nSPS) is 10.4. The number of aliphatic imine (C=N–C) groups is 2. The Bertz CT molecular complexity index is 1310. The van der Waals surface area contributed by atoms with E-state index in [0.29, 0.717) is 11.4 Å². The topological polar surface area (TPSA) is 174 Å². The molecule has 2 aromatic carbocycles. The average Bonchev–Trinajstić information content (AvgIpc) is 3.61. The smallest absolute Gasteiger partial charge is 0.561 e. The number of benzene rings is 2. The van der Waals surface area contributed by atoms with Gasteiger partial charge in [0.1, 0.15) is 23.6 Å². The maximum atomic E-state index is 11.0. The first-order valence-electron chi connectivity index (χ1n) is 10.3.